The summed E-state index contributed by atoms with van der Waals surface area (Å²) in [7, 11) is 0. The average Bonchev–Trinajstić information content (AvgIpc) is 2.58. The number of rotatable bonds is 16. The van der Waals surface area contributed by atoms with Crippen LogP contribution in [0.5, 0.6) is 0 Å². The molecular formula is C21H42NO2+. The van der Waals surface area contributed by atoms with Gasteiger partial charge < -0.3 is 9.22 Å². The topological polar surface area (TPSA) is 26.3 Å². The van der Waals surface area contributed by atoms with Gasteiger partial charge in [-0.2, -0.15) is 0 Å². The fourth-order valence-electron chi connectivity index (χ4n) is 3.22. The van der Waals surface area contributed by atoms with E-state index < -0.39 is 0 Å². The molecule has 0 rings (SSSR count). The summed E-state index contributed by atoms with van der Waals surface area (Å²) in [6, 6.07) is 0. The van der Waals surface area contributed by atoms with E-state index in [1.807, 2.05) is 0 Å². The summed E-state index contributed by atoms with van der Waals surface area (Å²) in [5, 5.41) is 0. The first-order valence-electron chi connectivity index (χ1n) is 10.2. The van der Waals surface area contributed by atoms with E-state index in [9.17, 15) is 4.79 Å². The highest BCUT2D eigenvalue weighted by Crippen LogP contribution is 2.17. The summed E-state index contributed by atoms with van der Waals surface area (Å²) in [4.78, 5) is 11.5. The highest BCUT2D eigenvalue weighted by atomic mass is 16.5. The number of carbonyl (C=O) groups is 1. The molecule has 0 N–H and O–H groups in total. The Hall–Kier alpha value is -0.830. The number of carbonyl (C=O) groups excluding carboxylic acids is 1. The lowest BCUT2D eigenvalue weighted by Gasteiger charge is -2.39. The van der Waals surface area contributed by atoms with E-state index >= 15 is 0 Å². The largest absolute Gasteiger partial charge is 0.462 e. The van der Waals surface area contributed by atoms with E-state index in [0.717, 1.165) is 13.0 Å². The summed E-state index contributed by atoms with van der Waals surface area (Å²) in [5.74, 6) is -0.252. The maximum absolute atomic E-state index is 11.5. The van der Waals surface area contributed by atoms with E-state index in [0.29, 0.717) is 12.2 Å². The molecule has 0 amide bonds. The van der Waals surface area contributed by atoms with E-state index in [1.54, 1.807) is 6.92 Å². The van der Waals surface area contributed by atoms with Crippen LogP contribution >= 0.6 is 0 Å². The minimum Gasteiger partial charge on any atom is -0.462 e. The number of hydrogen-bond acceptors (Lipinski definition) is 2. The second kappa shape index (κ2) is 14.5. The fourth-order valence-corrected chi connectivity index (χ4v) is 3.22. The Bertz CT molecular complexity index is 331. The van der Waals surface area contributed by atoms with Crippen molar-refractivity contribution in [2.75, 3.05) is 32.8 Å². The van der Waals surface area contributed by atoms with Crippen LogP contribution in [0, 0.1) is 0 Å². The van der Waals surface area contributed by atoms with Crippen LogP contribution in [0.1, 0.15) is 85.5 Å². The van der Waals surface area contributed by atoms with Gasteiger partial charge in [-0.25, -0.2) is 4.79 Å². The number of hydrogen-bond donors (Lipinski definition) is 0. The lowest BCUT2D eigenvalue weighted by atomic mass is 10.1. The zero-order valence-electron chi connectivity index (χ0n) is 16.9. The monoisotopic (exact) mass is 340 g/mol. The standard InChI is InChI=1S/C21H42NO2/c1-6-9-12-13-17-22(15-10-7-2,16-11-8-3)18-14-19-24-21(23)20(4)5/h4,6-19H2,1-3,5H3/q+1. The predicted molar refractivity (Wildman–Crippen MR) is 104 cm³/mol. The summed E-state index contributed by atoms with van der Waals surface area (Å²) in [6.45, 7) is 17.7. The van der Waals surface area contributed by atoms with E-state index in [4.69, 9.17) is 4.74 Å². The number of ether oxygens (including phenoxy) is 1. The molecule has 3 heteroatoms. The molecular weight excluding hydrogens is 298 g/mol. The molecule has 0 saturated carbocycles. The van der Waals surface area contributed by atoms with Crippen molar-refractivity contribution in [2.24, 2.45) is 0 Å². The molecule has 3 nitrogen and oxygen atoms in total. The second-order valence-electron chi connectivity index (χ2n) is 7.27. The Kier molecular flexibility index (Phi) is 14.0. The Labute approximate surface area is 151 Å². The molecule has 0 heterocycles. The van der Waals surface area contributed by atoms with Crippen LogP contribution in [0.15, 0.2) is 12.2 Å². The van der Waals surface area contributed by atoms with Crippen molar-refractivity contribution in [3.05, 3.63) is 12.2 Å². The normalized spacial score (nSPS) is 11.5. The Morgan fingerprint density at radius 1 is 0.792 bits per heavy atom. The minimum absolute atomic E-state index is 0.252. The first-order valence-corrected chi connectivity index (χ1v) is 10.2. The minimum atomic E-state index is -0.252. The SMILES string of the molecule is C=C(C)C(=O)OCCC[N+](CCCC)(CCCC)CCCCCC. The van der Waals surface area contributed by atoms with Crippen LogP contribution in [0.2, 0.25) is 0 Å². The maximum atomic E-state index is 11.5. The third kappa shape index (κ3) is 10.9. The summed E-state index contributed by atoms with van der Waals surface area (Å²) < 4.78 is 6.52. The molecule has 0 spiro atoms. The smallest absolute Gasteiger partial charge is 0.333 e. The summed E-state index contributed by atoms with van der Waals surface area (Å²) in [5.41, 5.74) is 0.493. The van der Waals surface area contributed by atoms with Crippen molar-refractivity contribution in [1.82, 2.24) is 0 Å². The van der Waals surface area contributed by atoms with Gasteiger partial charge in [0, 0.05) is 12.0 Å². The fraction of sp³-hybridized carbons (Fsp3) is 0.857. The number of esters is 1. The lowest BCUT2D eigenvalue weighted by Crippen LogP contribution is -2.51. The van der Waals surface area contributed by atoms with Crippen LogP contribution in [-0.4, -0.2) is 43.2 Å². The van der Waals surface area contributed by atoms with Crippen molar-refractivity contribution >= 4 is 5.97 Å². The Morgan fingerprint density at radius 2 is 1.29 bits per heavy atom. The third-order valence-electron chi connectivity index (χ3n) is 4.82. The molecule has 0 fully saturated rings. The van der Waals surface area contributed by atoms with Gasteiger partial charge in [0.15, 0.2) is 0 Å². The molecule has 0 aromatic rings. The first-order chi connectivity index (χ1) is 11.5. The van der Waals surface area contributed by atoms with Gasteiger partial charge >= 0.3 is 5.97 Å². The second-order valence-corrected chi connectivity index (χ2v) is 7.27. The van der Waals surface area contributed by atoms with E-state index in [-0.39, 0.29) is 5.97 Å². The van der Waals surface area contributed by atoms with Gasteiger partial charge in [0.2, 0.25) is 0 Å². The molecule has 142 valence electrons. The zero-order chi connectivity index (χ0) is 18.3. The van der Waals surface area contributed by atoms with Crippen molar-refractivity contribution in [3.8, 4) is 0 Å². The van der Waals surface area contributed by atoms with Gasteiger partial charge in [0.1, 0.15) is 0 Å². The number of unbranched alkanes of at least 4 members (excludes halogenated alkanes) is 5. The van der Waals surface area contributed by atoms with Crippen molar-refractivity contribution in [2.45, 2.75) is 85.5 Å². The molecule has 0 saturated heterocycles. The third-order valence-corrected chi connectivity index (χ3v) is 4.82. The molecule has 0 aliphatic carbocycles. The molecule has 0 aromatic carbocycles. The molecule has 0 radical (unpaired) electrons. The highest BCUT2D eigenvalue weighted by molar-refractivity contribution is 5.86. The van der Waals surface area contributed by atoms with Crippen LogP contribution in [0.3, 0.4) is 0 Å². The molecule has 0 aliphatic heterocycles. The van der Waals surface area contributed by atoms with Crippen molar-refractivity contribution < 1.29 is 14.0 Å². The molecule has 0 atom stereocenters. The zero-order valence-corrected chi connectivity index (χ0v) is 16.9. The first kappa shape index (κ1) is 23.2. The molecule has 0 bridgehead atoms. The van der Waals surface area contributed by atoms with Gasteiger partial charge in [-0.15, -0.1) is 0 Å². The Balaban J connectivity index is 4.57. The van der Waals surface area contributed by atoms with Gasteiger partial charge in [-0.3, -0.25) is 0 Å². The van der Waals surface area contributed by atoms with Crippen molar-refractivity contribution in [3.63, 3.8) is 0 Å². The van der Waals surface area contributed by atoms with Crippen LogP contribution in [0.4, 0.5) is 0 Å². The van der Waals surface area contributed by atoms with Gasteiger partial charge in [0.05, 0.1) is 32.8 Å². The van der Waals surface area contributed by atoms with Crippen LogP contribution < -0.4 is 0 Å². The van der Waals surface area contributed by atoms with Crippen LogP contribution in [0.25, 0.3) is 0 Å². The van der Waals surface area contributed by atoms with Gasteiger partial charge in [0.25, 0.3) is 0 Å². The molecule has 24 heavy (non-hydrogen) atoms. The van der Waals surface area contributed by atoms with E-state index in [1.165, 1.54) is 75.5 Å². The quantitative estimate of drug-likeness (QED) is 0.161. The maximum Gasteiger partial charge on any atom is 0.333 e. The number of quaternary nitrogens is 1. The van der Waals surface area contributed by atoms with Gasteiger partial charge in [-0.1, -0.05) is 53.0 Å². The average molecular weight is 341 g/mol. The summed E-state index contributed by atoms with van der Waals surface area (Å²) in [6.07, 6.45) is 11.4. The Morgan fingerprint density at radius 3 is 1.79 bits per heavy atom. The van der Waals surface area contributed by atoms with E-state index in [2.05, 4.69) is 27.4 Å². The summed E-state index contributed by atoms with van der Waals surface area (Å²) >= 11 is 0. The van der Waals surface area contributed by atoms with Gasteiger partial charge in [-0.05, 0) is 32.6 Å². The molecule has 0 aliphatic rings. The predicted octanol–water partition coefficient (Wildman–Crippen LogP) is 5.49. The molecule has 0 unspecified atom stereocenters. The van der Waals surface area contributed by atoms with Crippen molar-refractivity contribution in [1.29, 1.82) is 0 Å². The van der Waals surface area contributed by atoms with Crippen LogP contribution in [-0.2, 0) is 9.53 Å². The molecule has 0 aromatic heterocycles. The lowest BCUT2D eigenvalue weighted by molar-refractivity contribution is -0.929. The number of nitrogens with zero attached hydrogens (tertiary/aromatic N) is 1. The highest BCUT2D eigenvalue weighted by Gasteiger charge is 2.25.